The van der Waals surface area contributed by atoms with Crippen LogP contribution in [0.1, 0.15) is 26.3 Å². The van der Waals surface area contributed by atoms with E-state index in [1.165, 1.54) is 5.56 Å². The molecule has 2 nitrogen and oxygen atoms in total. The monoisotopic (exact) mass is 376 g/mol. The molecule has 3 rings (SSSR count). The first-order valence-corrected chi connectivity index (χ1v) is 9.25. The minimum absolute atomic E-state index is 0.154. The van der Waals surface area contributed by atoms with Crippen molar-refractivity contribution in [2.75, 3.05) is 5.32 Å². The smallest absolute Gasteiger partial charge is 0.187 e. The van der Waals surface area contributed by atoms with Crippen molar-refractivity contribution >= 4 is 45.4 Å². The van der Waals surface area contributed by atoms with E-state index < -0.39 is 0 Å². The van der Waals surface area contributed by atoms with Gasteiger partial charge in [0, 0.05) is 16.6 Å². The second kappa shape index (κ2) is 6.75. The van der Waals surface area contributed by atoms with Crippen LogP contribution < -0.4 is 5.32 Å². The van der Waals surface area contributed by atoms with Gasteiger partial charge < -0.3 is 5.32 Å². The number of hydrogen-bond donors (Lipinski definition) is 1. The highest BCUT2D eigenvalue weighted by molar-refractivity contribution is 7.14. The highest BCUT2D eigenvalue weighted by atomic mass is 35.5. The zero-order valence-corrected chi connectivity index (χ0v) is 16.1. The van der Waals surface area contributed by atoms with Gasteiger partial charge >= 0.3 is 0 Å². The Morgan fingerprint density at radius 3 is 2.29 bits per heavy atom. The molecule has 0 saturated heterocycles. The van der Waals surface area contributed by atoms with Gasteiger partial charge in [-0.05, 0) is 29.2 Å². The van der Waals surface area contributed by atoms with E-state index in [0.717, 1.165) is 22.1 Å². The predicted octanol–water partition coefficient (Wildman–Crippen LogP) is 7.16. The molecular formula is C19H18Cl2N2S. The molecule has 0 spiro atoms. The van der Waals surface area contributed by atoms with E-state index in [1.54, 1.807) is 23.5 Å². The summed E-state index contributed by atoms with van der Waals surface area (Å²) in [6, 6.07) is 14.0. The third-order valence-corrected chi connectivity index (χ3v) is 5.22. The lowest BCUT2D eigenvalue weighted by Gasteiger charge is -2.18. The number of nitrogens with zero attached hydrogens (tertiary/aromatic N) is 1. The topological polar surface area (TPSA) is 24.9 Å². The molecule has 0 atom stereocenters. The van der Waals surface area contributed by atoms with Crippen LogP contribution in [0.2, 0.25) is 10.0 Å². The van der Waals surface area contributed by atoms with Crippen molar-refractivity contribution in [2.24, 2.45) is 0 Å². The molecule has 3 aromatic rings. The fourth-order valence-corrected chi connectivity index (χ4v) is 3.34. The lowest BCUT2D eigenvalue weighted by molar-refractivity contribution is 0.590. The highest BCUT2D eigenvalue weighted by Crippen LogP contribution is 2.31. The van der Waals surface area contributed by atoms with Crippen LogP contribution >= 0.6 is 34.5 Å². The summed E-state index contributed by atoms with van der Waals surface area (Å²) >= 11 is 13.5. The maximum Gasteiger partial charge on any atom is 0.187 e. The zero-order chi connectivity index (χ0) is 17.3. The van der Waals surface area contributed by atoms with Crippen LogP contribution in [0.3, 0.4) is 0 Å². The Balaban J connectivity index is 1.79. The van der Waals surface area contributed by atoms with Gasteiger partial charge in [0.25, 0.3) is 0 Å². The SMILES string of the molecule is CC(C)(C)c1ccc(-c2csc(Nc3ccc(Cl)c(Cl)c3)n2)cc1. The summed E-state index contributed by atoms with van der Waals surface area (Å²) in [4.78, 5) is 4.65. The average Bonchev–Trinajstić information content (AvgIpc) is 2.99. The number of benzene rings is 2. The summed E-state index contributed by atoms with van der Waals surface area (Å²) in [7, 11) is 0. The second-order valence-corrected chi connectivity index (χ2v) is 8.29. The van der Waals surface area contributed by atoms with Gasteiger partial charge in [-0.2, -0.15) is 0 Å². The average molecular weight is 377 g/mol. The Labute approximate surface area is 156 Å². The number of aromatic nitrogens is 1. The van der Waals surface area contributed by atoms with Crippen LogP contribution in [0.5, 0.6) is 0 Å². The van der Waals surface area contributed by atoms with E-state index in [9.17, 15) is 0 Å². The summed E-state index contributed by atoms with van der Waals surface area (Å²) < 4.78 is 0. The minimum atomic E-state index is 0.154. The molecule has 1 aromatic heterocycles. The van der Waals surface area contributed by atoms with Crippen molar-refractivity contribution in [2.45, 2.75) is 26.2 Å². The fraction of sp³-hybridized carbons (Fsp3) is 0.211. The normalized spacial score (nSPS) is 11.5. The minimum Gasteiger partial charge on any atom is -0.331 e. The van der Waals surface area contributed by atoms with E-state index >= 15 is 0 Å². The number of hydrogen-bond acceptors (Lipinski definition) is 3. The van der Waals surface area contributed by atoms with Gasteiger partial charge in [0.2, 0.25) is 0 Å². The molecule has 0 amide bonds. The van der Waals surface area contributed by atoms with Gasteiger partial charge in [0.1, 0.15) is 0 Å². The molecule has 5 heteroatoms. The number of nitrogens with one attached hydrogen (secondary N) is 1. The number of halogens is 2. The van der Waals surface area contributed by atoms with Gasteiger partial charge in [-0.1, -0.05) is 68.2 Å². The Hall–Kier alpha value is -1.55. The molecule has 0 bridgehead atoms. The van der Waals surface area contributed by atoms with Gasteiger partial charge in [-0.3, -0.25) is 0 Å². The fourth-order valence-electron chi connectivity index (χ4n) is 2.30. The van der Waals surface area contributed by atoms with E-state index in [-0.39, 0.29) is 5.41 Å². The number of anilines is 2. The largest absolute Gasteiger partial charge is 0.331 e. The van der Waals surface area contributed by atoms with Crippen molar-refractivity contribution in [3.05, 3.63) is 63.5 Å². The number of rotatable bonds is 3. The van der Waals surface area contributed by atoms with E-state index in [0.29, 0.717) is 10.0 Å². The first-order valence-electron chi connectivity index (χ1n) is 7.61. The molecule has 2 aromatic carbocycles. The Kier molecular flexibility index (Phi) is 4.86. The Bertz CT molecular complexity index is 849. The van der Waals surface area contributed by atoms with E-state index in [4.69, 9.17) is 23.2 Å². The number of thiazole rings is 1. The molecule has 0 radical (unpaired) electrons. The first kappa shape index (κ1) is 17.3. The summed E-state index contributed by atoms with van der Waals surface area (Å²) in [6.07, 6.45) is 0. The van der Waals surface area contributed by atoms with Crippen molar-refractivity contribution in [3.63, 3.8) is 0 Å². The Morgan fingerprint density at radius 1 is 0.958 bits per heavy atom. The standard InChI is InChI=1S/C19H18Cl2N2S/c1-19(2,3)13-6-4-12(5-7-13)17-11-24-18(23-17)22-14-8-9-15(20)16(21)10-14/h4-11H,1-3H3,(H,22,23). The van der Waals surface area contributed by atoms with Crippen molar-refractivity contribution in [3.8, 4) is 11.3 Å². The lowest BCUT2D eigenvalue weighted by atomic mass is 9.86. The van der Waals surface area contributed by atoms with E-state index in [2.05, 4.69) is 55.3 Å². The van der Waals surface area contributed by atoms with Gasteiger partial charge in [0.15, 0.2) is 5.13 Å². The van der Waals surface area contributed by atoms with E-state index in [1.807, 2.05) is 11.4 Å². The van der Waals surface area contributed by atoms with Crippen molar-refractivity contribution in [1.82, 2.24) is 4.98 Å². The molecule has 0 fully saturated rings. The molecule has 24 heavy (non-hydrogen) atoms. The van der Waals surface area contributed by atoms with Crippen LogP contribution in [0.4, 0.5) is 10.8 Å². The summed E-state index contributed by atoms with van der Waals surface area (Å²) in [5, 5.41) is 7.20. The predicted molar refractivity (Wildman–Crippen MR) is 106 cm³/mol. The molecule has 0 saturated carbocycles. The third kappa shape index (κ3) is 3.92. The zero-order valence-electron chi connectivity index (χ0n) is 13.7. The maximum atomic E-state index is 6.04. The molecule has 1 heterocycles. The molecule has 0 unspecified atom stereocenters. The Morgan fingerprint density at radius 2 is 1.67 bits per heavy atom. The van der Waals surface area contributed by atoms with Gasteiger partial charge in [-0.25, -0.2) is 4.98 Å². The highest BCUT2D eigenvalue weighted by Gasteiger charge is 2.13. The third-order valence-electron chi connectivity index (χ3n) is 3.72. The molecular weight excluding hydrogens is 359 g/mol. The van der Waals surface area contributed by atoms with Crippen LogP contribution in [-0.4, -0.2) is 4.98 Å². The lowest BCUT2D eigenvalue weighted by Crippen LogP contribution is -2.10. The van der Waals surface area contributed by atoms with Crippen LogP contribution in [0, 0.1) is 0 Å². The van der Waals surface area contributed by atoms with Gasteiger partial charge in [0.05, 0.1) is 15.7 Å². The van der Waals surface area contributed by atoms with Crippen LogP contribution in [-0.2, 0) is 5.41 Å². The molecule has 0 aliphatic heterocycles. The quantitative estimate of drug-likeness (QED) is 0.524. The summed E-state index contributed by atoms with van der Waals surface area (Å²) in [5.41, 5.74) is 4.41. The van der Waals surface area contributed by atoms with Gasteiger partial charge in [-0.15, -0.1) is 11.3 Å². The maximum absolute atomic E-state index is 6.04. The summed E-state index contributed by atoms with van der Waals surface area (Å²) in [6.45, 7) is 6.64. The summed E-state index contributed by atoms with van der Waals surface area (Å²) in [5.74, 6) is 0. The molecule has 0 aliphatic rings. The molecule has 124 valence electrons. The van der Waals surface area contributed by atoms with Crippen LogP contribution in [0.25, 0.3) is 11.3 Å². The van der Waals surface area contributed by atoms with Crippen molar-refractivity contribution < 1.29 is 0 Å². The van der Waals surface area contributed by atoms with Crippen LogP contribution in [0.15, 0.2) is 47.8 Å². The molecule has 1 N–H and O–H groups in total. The first-order chi connectivity index (χ1) is 11.3. The van der Waals surface area contributed by atoms with Crippen molar-refractivity contribution in [1.29, 1.82) is 0 Å². The second-order valence-electron chi connectivity index (χ2n) is 6.62. The molecule has 0 aliphatic carbocycles.